The smallest absolute Gasteiger partial charge is 0.290 e. The van der Waals surface area contributed by atoms with Gasteiger partial charge in [0, 0.05) is 45.0 Å². The Morgan fingerprint density at radius 2 is 1.78 bits per heavy atom. The fraction of sp³-hybridized carbons (Fsp3) is 0.450. The third-order valence-electron chi connectivity index (χ3n) is 5.08. The highest BCUT2D eigenvalue weighted by molar-refractivity contribution is 5.98. The number of nitrogens with zero attached hydrogens (tertiary/aromatic N) is 4. The van der Waals surface area contributed by atoms with Crippen LogP contribution in [0, 0.1) is 6.92 Å². The summed E-state index contributed by atoms with van der Waals surface area (Å²) in [6, 6.07) is 8.65. The number of aromatic nitrogens is 2. The van der Waals surface area contributed by atoms with Crippen molar-refractivity contribution in [2.24, 2.45) is 0 Å². The topological polar surface area (TPSA) is 84.5 Å². The van der Waals surface area contributed by atoms with E-state index in [1.165, 1.54) is 29.1 Å². The highest BCUT2D eigenvalue weighted by atomic mass is 16.1. The van der Waals surface area contributed by atoms with Crippen molar-refractivity contribution in [2.75, 3.05) is 43.4 Å². The Morgan fingerprint density at radius 1 is 1.11 bits per heavy atom. The molecule has 0 unspecified atom stereocenters. The van der Waals surface area contributed by atoms with Gasteiger partial charge in [0.25, 0.3) is 5.56 Å². The number of rotatable bonds is 6. The molecule has 3 rings (SSSR count). The standard InChI is InChI=1S/C20H27N5O2/c1-15-4-6-17(7-5-15)24-12-10-23(11-13-24)8-3-9-25-20(27)19(21)18(14-22-25)16(2)26/h4-7,14H,3,8-13,21H2,1-2H3. The number of carbonyl (C=O) groups is 1. The SMILES string of the molecule is CC(=O)c1cnn(CCCN2CCN(c3ccc(C)cc3)CC2)c(=O)c1N. The lowest BCUT2D eigenvalue weighted by molar-refractivity contribution is 0.101. The van der Waals surface area contributed by atoms with Gasteiger partial charge in [-0.3, -0.25) is 14.5 Å². The molecule has 0 amide bonds. The van der Waals surface area contributed by atoms with E-state index in [0.717, 1.165) is 39.1 Å². The zero-order chi connectivity index (χ0) is 19.4. The molecule has 0 bridgehead atoms. The summed E-state index contributed by atoms with van der Waals surface area (Å²) in [5.74, 6) is -0.240. The maximum Gasteiger partial charge on any atom is 0.290 e. The van der Waals surface area contributed by atoms with Crippen LogP contribution >= 0.6 is 0 Å². The van der Waals surface area contributed by atoms with Crippen LogP contribution in [-0.4, -0.2) is 53.2 Å². The van der Waals surface area contributed by atoms with Crippen molar-refractivity contribution in [1.29, 1.82) is 0 Å². The first-order chi connectivity index (χ1) is 13.0. The summed E-state index contributed by atoms with van der Waals surface area (Å²) in [5, 5.41) is 4.08. The molecule has 1 aromatic heterocycles. The normalized spacial score (nSPS) is 15.1. The average molecular weight is 369 g/mol. The molecular formula is C20H27N5O2. The second-order valence-corrected chi connectivity index (χ2v) is 7.07. The molecule has 0 saturated carbocycles. The molecule has 2 heterocycles. The molecule has 27 heavy (non-hydrogen) atoms. The molecule has 144 valence electrons. The lowest BCUT2D eigenvalue weighted by Crippen LogP contribution is -2.46. The summed E-state index contributed by atoms with van der Waals surface area (Å²) in [7, 11) is 0. The summed E-state index contributed by atoms with van der Waals surface area (Å²) in [6.45, 7) is 8.90. The second kappa shape index (κ2) is 8.35. The molecule has 7 nitrogen and oxygen atoms in total. The van der Waals surface area contributed by atoms with E-state index in [9.17, 15) is 9.59 Å². The van der Waals surface area contributed by atoms with E-state index in [4.69, 9.17) is 5.73 Å². The molecule has 1 aliphatic rings. The molecular weight excluding hydrogens is 342 g/mol. The maximum absolute atomic E-state index is 12.2. The van der Waals surface area contributed by atoms with Gasteiger partial charge in [0.15, 0.2) is 5.78 Å². The minimum Gasteiger partial charge on any atom is -0.394 e. The van der Waals surface area contributed by atoms with E-state index in [-0.39, 0.29) is 22.6 Å². The quantitative estimate of drug-likeness (QED) is 0.778. The highest BCUT2D eigenvalue weighted by Gasteiger charge is 2.17. The highest BCUT2D eigenvalue weighted by Crippen LogP contribution is 2.17. The first kappa shape index (κ1) is 19.1. The van der Waals surface area contributed by atoms with Crippen molar-refractivity contribution in [3.05, 3.63) is 51.9 Å². The van der Waals surface area contributed by atoms with Gasteiger partial charge in [0.05, 0.1) is 11.8 Å². The second-order valence-electron chi connectivity index (χ2n) is 7.07. The van der Waals surface area contributed by atoms with Crippen molar-refractivity contribution in [3.63, 3.8) is 0 Å². The Kier molecular flexibility index (Phi) is 5.91. The van der Waals surface area contributed by atoms with Crippen molar-refractivity contribution >= 4 is 17.2 Å². The summed E-state index contributed by atoms with van der Waals surface area (Å²) in [6.07, 6.45) is 2.20. The van der Waals surface area contributed by atoms with Gasteiger partial charge in [-0.25, -0.2) is 4.68 Å². The summed E-state index contributed by atoms with van der Waals surface area (Å²) >= 11 is 0. The molecule has 0 spiro atoms. The van der Waals surface area contributed by atoms with Crippen LogP contribution in [-0.2, 0) is 6.54 Å². The van der Waals surface area contributed by atoms with E-state index in [2.05, 4.69) is 46.1 Å². The number of hydrogen-bond donors (Lipinski definition) is 1. The Bertz CT molecular complexity index is 852. The zero-order valence-electron chi connectivity index (χ0n) is 16.0. The van der Waals surface area contributed by atoms with Crippen LogP contribution in [0.2, 0.25) is 0 Å². The maximum atomic E-state index is 12.2. The van der Waals surface area contributed by atoms with E-state index in [0.29, 0.717) is 6.54 Å². The number of Topliss-reactive ketones (excluding diaryl/α,β-unsaturated/α-hetero) is 1. The Morgan fingerprint density at radius 3 is 2.41 bits per heavy atom. The van der Waals surface area contributed by atoms with Crippen molar-refractivity contribution in [2.45, 2.75) is 26.8 Å². The van der Waals surface area contributed by atoms with E-state index < -0.39 is 0 Å². The van der Waals surface area contributed by atoms with Gasteiger partial charge in [-0.05, 0) is 32.4 Å². The Balaban J connectivity index is 1.48. The van der Waals surface area contributed by atoms with Gasteiger partial charge >= 0.3 is 0 Å². The molecule has 0 aliphatic carbocycles. The van der Waals surface area contributed by atoms with Crippen LogP contribution in [0.4, 0.5) is 11.4 Å². The van der Waals surface area contributed by atoms with Crippen LogP contribution in [0.1, 0.15) is 29.3 Å². The summed E-state index contributed by atoms with van der Waals surface area (Å²) in [5.41, 5.74) is 8.12. The van der Waals surface area contributed by atoms with Gasteiger partial charge in [0.1, 0.15) is 5.69 Å². The van der Waals surface area contributed by atoms with E-state index >= 15 is 0 Å². The fourth-order valence-corrected chi connectivity index (χ4v) is 3.37. The van der Waals surface area contributed by atoms with Gasteiger partial charge < -0.3 is 10.6 Å². The molecule has 0 atom stereocenters. The van der Waals surface area contributed by atoms with E-state index in [1.54, 1.807) is 0 Å². The predicted octanol–water partition coefficient (Wildman–Crippen LogP) is 1.55. The number of anilines is 2. The molecule has 7 heteroatoms. The van der Waals surface area contributed by atoms with Crippen molar-refractivity contribution in [1.82, 2.24) is 14.7 Å². The molecule has 1 aromatic carbocycles. The fourth-order valence-electron chi connectivity index (χ4n) is 3.37. The largest absolute Gasteiger partial charge is 0.394 e. The number of carbonyl (C=O) groups excluding carboxylic acids is 1. The van der Waals surface area contributed by atoms with Crippen LogP contribution in [0.15, 0.2) is 35.3 Å². The van der Waals surface area contributed by atoms with Crippen LogP contribution < -0.4 is 16.2 Å². The number of hydrogen-bond acceptors (Lipinski definition) is 6. The van der Waals surface area contributed by atoms with Crippen LogP contribution in [0.5, 0.6) is 0 Å². The third-order valence-corrected chi connectivity index (χ3v) is 5.08. The molecule has 1 fully saturated rings. The molecule has 0 radical (unpaired) electrons. The molecule has 2 aromatic rings. The zero-order valence-corrected chi connectivity index (χ0v) is 16.0. The minimum atomic E-state index is -0.383. The first-order valence-electron chi connectivity index (χ1n) is 9.36. The predicted molar refractivity (Wildman–Crippen MR) is 107 cm³/mol. The lowest BCUT2D eigenvalue weighted by Gasteiger charge is -2.36. The molecule has 1 aliphatic heterocycles. The molecule has 2 N–H and O–H groups in total. The lowest BCUT2D eigenvalue weighted by atomic mass is 10.2. The van der Waals surface area contributed by atoms with Crippen molar-refractivity contribution < 1.29 is 4.79 Å². The third kappa shape index (κ3) is 4.54. The van der Waals surface area contributed by atoms with Gasteiger partial charge in [0.2, 0.25) is 0 Å². The van der Waals surface area contributed by atoms with Crippen LogP contribution in [0.25, 0.3) is 0 Å². The number of piperazine rings is 1. The number of nitrogen functional groups attached to an aromatic ring is 1. The Labute approximate surface area is 159 Å². The first-order valence-corrected chi connectivity index (χ1v) is 9.36. The number of aryl methyl sites for hydroxylation is 2. The van der Waals surface area contributed by atoms with Crippen LogP contribution in [0.3, 0.4) is 0 Å². The molecule has 1 saturated heterocycles. The number of ketones is 1. The summed E-state index contributed by atoms with van der Waals surface area (Å²) in [4.78, 5) is 28.4. The van der Waals surface area contributed by atoms with Gasteiger partial charge in [-0.1, -0.05) is 17.7 Å². The Hall–Kier alpha value is -2.67. The monoisotopic (exact) mass is 369 g/mol. The number of benzene rings is 1. The van der Waals surface area contributed by atoms with E-state index in [1.807, 2.05) is 0 Å². The summed E-state index contributed by atoms with van der Waals surface area (Å²) < 4.78 is 1.35. The average Bonchev–Trinajstić information content (AvgIpc) is 2.66. The van der Waals surface area contributed by atoms with Gasteiger partial charge in [-0.2, -0.15) is 5.10 Å². The van der Waals surface area contributed by atoms with Gasteiger partial charge in [-0.15, -0.1) is 0 Å². The minimum absolute atomic E-state index is 0.00999. The van der Waals surface area contributed by atoms with Crippen molar-refractivity contribution in [3.8, 4) is 0 Å². The number of nitrogens with two attached hydrogens (primary N) is 1.